The molecule has 3 heterocycles. The molecular weight excluding hydrogens is 366 g/mol. The van der Waals surface area contributed by atoms with E-state index in [1.165, 1.54) is 10.6 Å². The lowest BCUT2D eigenvalue weighted by molar-refractivity contribution is 0.0928. The highest BCUT2D eigenvalue weighted by Crippen LogP contribution is 2.18. The molecule has 8 nitrogen and oxygen atoms in total. The summed E-state index contributed by atoms with van der Waals surface area (Å²) in [5, 5.41) is 3.02. The first-order valence-electron chi connectivity index (χ1n) is 9.75. The predicted molar refractivity (Wildman–Crippen MR) is 105 cm³/mol. The zero-order chi connectivity index (χ0) is 19.4. The number of sulfonamides is 1. The number of aromatic nitrogens is 1. The molecule has 27 heavy (non-hydrogen) atoms. The number of rotatable bonds is 6. The summed E-state index contributed by atoms with van der Waals surface area (Å²) in [4.78, 5) is 17.4. The van der Waals surface area contributed by atoms with Crippen LogP contribution < -0.4 is 5.32 Å². The molecule has 0 unspecified atom stereocenters. The second-order valence-corrected chi connectivity index (χ2v) is 9.33. The molecule has 0 bridgehead atoms. The molecule has 1 N–H and O–H groups in total. The summed E-state index contributed by atoms with van der Waals surface area (Å²) in [5.41, 5.74) is 1.50. The third kappa shape index (κ3) is 5.10. The van der Waals surface area contributed by atoms with Crippen molar-refractivity contribution in [1.82, 2.24) is 24.0 Å². The SMILES string of the molecule is CCN1CCN(CCNC(=O)c2ccc3n2CCCN(S(C)(=O)=O)C3)CC1. The lowest BCUT2D eigenvalue weighted by Gasteiger charge is -2.33. The average Bonchev–Trinajstić information content (AvgIpc) is 2.90. The number of carbonyl (C=O) groups is 1. The summed E-state index contributed by atoms with van der Waals surface area (Å²) in [6, 6.07) is 3.67. The number of hydrogen-bond donors (Lipinski definition) is 1. The topological polar surface area (TPSA) is 77.9 Å². The minimum atomic E-state index is -3.22. The van der Waals surface area contributed by atoms with Gasteiger partial charge in [0.25, 0.3) is 5.91 Å². The summed E-state index contributed by atoms with van der Waals surface area (Å²) >= 11 is 0. The molecule has 1 aromatic heterocycles. The third-order valence-corrected chi connectivity index (χ3v) is 6.78. The van der Waals surface area contributed by atoms with Gasteiger partial charge in [-0.3, -0.25) is 9.69 Å². The normalized spacial score (nSPS) is 20.2. The van der Waals surface area contributed by atoms with Crippen molar-refractivity contribution in [2.45, 2.75) is 26.4 Å². The quantitative estimate of drug-likeness (QED) is 0.732. The van der Waals surface area contributed by atoms with Crippen molar-refractivity contribution in [3.63, 3.8) is 0 Å². The van der Waals surface area contributed by atoms with Gasteiger partial charge in [0, 0.05) is 58.1 Å². The molecule has 0 spiro atoms. The van der Waals surface area contributed by atoms with Crippen LogP contribution in [-0.4, -0.2) is 91.6 Å². The number of piperazine rings is 1. The predicted octanol–water partition coefficient (Wildman–Crippen LogP) is 0.0207. The van der Waals surface area contributed by atoms with Crippen molar-refractivity contribution in [1.29, 1.82) is 0 Å². The number of hydrogen-bond acceptors (Lipinski definition) is 5. The van der Waals surface area contributed by atoms with E-state index in [2.05, 4.69) is 22.0 Å². The van der Waals surface area contributed by atoms with Crippen LogP contribution in [0.5, 0.6) is 0 Å². The largest absolute Gasteiger partial charge is 0.349 e. The fraction of sp³-hybridized carbons (Fsp3) is 0.722. The van der Waals surface area contributed by atoms with E-state index in [1.807, 2.05) is 10.6 Å². The van der Waals surface area contributed by atoms with Gasteiger partial charge < -0.3 is 14.8 Å². The Hall–Kier alpha value is -1.42. The van der Waals surface area contributed by atoms with Crippen molar-refractivity contribution in [3.8, 4) is 0 Å². The monoisotopic (exact) mass is 397 g/mol. The summed E-state index contributed by atoms with van der Waals surface area (Å²) in [6.07, 6.45) is 1.94. The second-order valence-electron chi connectivity index (χ2n) is 7.34. The Morgan fingerprint density at radius 1 is 1.07 bits per heavy atom. The van der Waals surface area contributed by atoms with E-state index in [1.54, 1.807) is 6.07 Å². The number of nitrogens with one attached hydrogen (secondary N) is 1. The number of nitrogens with zero attached hydrogens (tertiary/aromatic N) is 4. The Kier molecular flexibility index (Phi) is 6.56. The van der Waals surface area contributed by atoms with Crippen LogP contribution in [0, 0.1) is 0 Å². The lowest BCUT2D eigenvalue weighted by Crippen LogP contribution is -2.48. The van der Waals surface area contributed by atoms with Crippen molar-refractivity contribution < 1.29 is 13.2 Å². The smallest absolute Gasteiger partial charge is 0.267 e. The van der Waals surface area contributed by atoms with Crippen LogP contribution in [0.15, 0.2) is 12.1 Å². The van der Waals surface area contributed by atoms with Gasteiger partial charge in [0.2, 0.25) is 10.0 Å². The number of likely N-dealkylation sites (N-methyl/N-ethyl adjacent to an activating group) is 1. The Balaban J connectivity index is 1.53. The van der Waals surface area contributed by atoms with Crippen molar-refractivity contribution >= 4 is 15.9 Å². The fourth-order valence-electron chi connectivity index (χ4n) is 3.81. The van der Waals surface area contributed by atoms with E-state index >= 15 is 0 Å². The Labute approximate surface area is 162 Å². The highest BCUT2D eigenvalue weighted by molar-refractivity contribution is 7.88. The van der Waals surface area contributed by atoms with Gasteiger partial charge in [0.1, 0.15) is 5.69 Å². The molecule has 1 amide bonds. The standard InChI is InChI=1S/C18H31N5O3S/c1-3-20-11-13-21(14-12-20)10-7-19-18(24)17-6-5-16-15-22(27(2,25)26)8-4-9-23(16)17/h5-6H,3-4,7-15H2,1-2H3,(H,19,24). The average molecular weight is 398 g/mol. The Bertz CT molecular complexity index is 753. The molecule has 2 aliphatic heterocycles. The van der Waals surface area contributed by atoms with Crippen LogP contribution in [0.25, 0.3) is 0 Å². The van der Waals surface area contributed by atoms with Gasteiger partial charge in [0.05, 0.1) is 12.8 Å². The molecule has 0 aliphatic carbocycles. The third-order valence-electron chi connectivity index (χ3n) is 5.53. The zero-order valence-corrected chi connectivity index (χ0v) is 17.2. The van der Waals surface area contributed by atoms with Crippen LogP contribution in [0.1, 0.15) is 29.5 Å². The molecule has 1 aromatic rings. The van der Waals surface area contributed by atoms with Crippen molar-refractivity contribution in [3.05, 3.63) is 23.5 Å². The molecule has 152 valence electrons. The maximum Gasteiger partial charge on any atom is 0.267 e. The van der Waals surface area contributed by atoms with Crippen LogP contribution in [0.4, 0.5) is 0 Å². The van der Waals surface area contributed by atoms with Crippen molar-refractivity contribution in [2.24, 2.45) is 0 Å². The van der Waals surface area contributed by atoms with Gasteiger partial charge in [0.15, 0.2) is 0 Å². The van der Waals surface area contributed by atoms with Gasteiger partial charge in [-0.15, -0.1) is 0 Å². The zero-order valence-electron chi connectivity index (χ0n) is 16.4. The van der Waals surface area contributed by atoms with E-state index in [-0.39, 0.29) is 5.91 Å². The molecular formula is C18H31N5O3S. The maximum atomic E-state index is 12.6. The molecule has 0 saturated carbocycles. The second kappa shape index (κ2) is 8.72. The van der Waals surface area contributed by atoms with E-state index < -0.39 is 10.0 Å². The van der Waals surface area contributed by atoms with Gasteiger partial charge in [-0.2, -0.15) is 4.31 Å². The molecule has 9 heteroatoms. The minimum absolute atomic E-state index is 0.0822. The lowest BCUT2D eigenvalue weighted by atomic mass is 10.3. The summed E-state index contributed by atoms with van der Waals surface area (Å²) in [7, 11) is -3.22. The van der Waals surface area contributed by atoms with Crippen LogP contribution >= 0.6 is 0 Å². The maximum absolute atomic E-state index is 12.6. The first-order chi connectivity index (χ1) is 12.9. The van der Waals surface area contributed by atoms with Crippen molar-refractivity contribution in [2.75, 3.05) is 58.6 Å². The molecule has 2 aliphatic rings. The van der Waals surface area contributed by atoms with Crippen LogP contribution in [-0.2, 0) is 23.1 Å². The number of fused-ring (bicyclic) bond motifs is 1. The summed E-state index contributed by atoms with van der Waals surface area (Å²) < 4.78 is 27.1. The van der Waals surface area contributed by atoms with E-state index in [4.69, 9.17) is 0 Å². The fourth-order valence-corrected chi connectivity index (χ4v) is 4.63. The first-order valence-corrected chi connectivity index (χ1v) is 11.6. The minimum Gasteiger partial charge on any atom is -0.349 e. The van der Waals surface area contributed by atoms with E-state index in [0.29, 0.717) is 38.3 Å². The first kappa shape index (κ1) is 20.3. The molecule has 1 saturated heterocycles. The highest BCUT2D eigenvalue weighted by Gasteiger charge is 2.24. The Morgan fingerprint density at radius 2 is 1.78 bits per heavy atom. The van der Waals surface area contributed by atoms with Crippen LogP contribution in [0.3, 0.4) is 0 Å². The van der Waals surface area contributed by atoms with Gasteiger partial charge >= 0.3 is 0 Å². The van der Waals surface area contributed by atoms with Gasteiger partial charge in [-0.1, -0.05) is 6.92 Å². The number of carbonyl (C=O) groups excluding carboxylic acids is 1. The number of amides is 1. The Morgan fingerprint density at radius 3 is 2.44 bits per heavy atom. The molecule has 0 radical (unpaired) electrons. The molecule has 1 fully saturated rings. The summed E-state index contributed by atoms with van der Waals surface area (Å²) in [6.45, 7) is 10.5. The molecule has 3 rings (SSSR count). The van der Waals surface area contributed by atoms with E-state index in [9.17, 15) is 13.2 Å². The van der Waals surface area contributed by atoms with Crippen LogP contribution in [0.2, 0.25) is 0 Å². The highest BCUT2D eigenvalue weighted by atomic mass is 32.2. The molecule has 0 aromatic carbocycles. The van der Waals surface area contributed by atoms with Gasteiger partial charge in [-0.05, 0) is 25.1 Å². The molecule has 0 atom stereocenters. The van der Waals surface area contributed by atoms with Gasteiger partial charge in [-0.25, -0.2) is 8.42 Å². The van der Waals surface area contributed by atoms with E-state index in [0.717, 1.165) is 45.0 Å². The summed E-state index contributed by atoms with van der Waals surface area (Å²) in [5.74, 6) is -0.0822.